The van der Waals surface area contributed by atoms with Gasteiger partial charge in [0.05, 0.1) is 0 Å². The molecule has 0 aromatic rings. The molecule has 0 amide bonds. The van der Waals surface area contributed by atoms with Crippen LogP contribution in [0.2, 0.25) is 0 Å². The molecule has 0 fully saturated rings. The van der Waals surface area contributed by atoms with Gasteiger partial charge in [-0.1, -0.05) is 48.2 Å². The fraction of sp³-hybridized carbons (Fsp3) is 0.556. The molecular weight excluding hydrogens is 335 g/mol. The first-order chi connectivity index (χ1) is 9.49. The first kappa shape index (κ1) is 19.3. The minimum atomic E-state index is 0. The zero-order valence-corrected chi connectivity index (χ0v) is 16.6. The number of allylic oxidation sites excluding steroid dienone is 8. The van der Waals surface area contributed by atoms with Gasteiger partial charge in [0.15, 0.2) is 0 Å². The normalized spacial score (nSPS) is 19.1. The molecule has 21 heavy (non-hydrogen) atoms. The summed E-state index contributed by atoms with van der Waals surface area (Å²) in [6.45, 7) is 8.82. The van der Waals surface area contributed by atoms with Crippen molar-refractivity contribution in [3.8, 4) is 0 Å². The Labute approximate surface area is 154 Å². The smallest absolute Gasteiger partial charge is 0.0256 e. The van der Waals surface area contributed by atoms with E-state index < -0.39 is 0 Å². The molecule has 0 atom stereocenters. The molecule has 0 saturated heterocycles. The molecule has 0 heterocycles. The molecule has 0 bridgehead atoms. The Morgan fingerprint density at radius 2 is 1.10 bits per heavy atom. The molecule has 0 spiro atoms. The molecule has 0 N–H and O–H groups in total. The fourth-order valence-electron chi connectivity index (χ4n) is 3.45. The Balaban J connectivity index is 0.00000220. The van der Waals surface area contributed by atoms with Crippen molar-refractivity contribution in [3.05, 3.63) is 43.5 Å². The van der Waals surface area contributed by atoms with Crippen LogP contribution in [0.1, 0.15) is 66.2 Å². The fourth-order valence-corrected chi connectivity index (χ4v) is 4.33. The molecule has 2 aliphatic carbocycles. The summed E-state index contributed by atoms with van der Waals surface area (Å²) in [6, 6.07) is 0. The molecule has 0 aromatic carbocycles. The van der Waals surface area contributed by atoms with Gasteiger partial charge < -0.3 is 0 Å². The SMILES string of the molecule is CCC1=C(Cl)CC(CCC2=C(C)C(CC)=C(Cl)C2)=C1C.[Ti]. The van der Waals surface area contributed by atoms with E-state index in [1.54, 1.807) is 0 Å². The molecule has 0 aromatic heterocycles. The standard InChI is InChI=1S/C18H24Cl2.Ti/c1-5-15-11(3)13(9-17(15)19)7-8-14-10-18(20)16(6-2)12(14)4;/h5-10H2,1-4H3;. The molecule has 0 aliphatic heterocycles. The van der Waals surface area contributed by atoms with Crippen LogP contribution in [0.4, 0.5) is 0 Å². The van der Waals surface area contributed by atoms with E-state index in [4.69, 9.17) is 23.2 Å². The van der Waals surface area contributed by atoms with Crippen molar-refractivity contribution in [1.82, 2.24) is 0 Å². The molecule has 2 aliphatic rings. The first-order valence-electron chi connectivity index (χ1n) is 7.62. The molecular formula is C18H24Cl2Ti. The second kappa shape index (κ2) is 8.20. The van der Waals surface area contributed by atoms with Crippen LogP contribution in [0.5, 0.6) is 0 Å². The van der Waals surface area contributed by atoms with E-state index in [1.807, 2.05) is 0 Å². The van der Waals surface area contributed by atoms with Crippen LogP contribution in [0, 0.1) is 0 Å². The maximum Gasteiger partial charge on any atom is 0.0256 e. The third-order valence-corrected chi connectivity index (χ3v) is 5.52. The van der Waals surface area contributed by atoms with Gasteiger partial charge in [-0.25, -0.2) is 0 Å². The number of rotatable bonds is 5. The van der Waals surface area contributed by atoms with Gasteiger partial charge in [-0.15, -0.1) is 0 Å². The minimum Gasteiger partial charge on any atom is -0.0885 e. The van der Waals surface area contributed by atoms with Crippen molar-refractivity contribution in [3.63, 3.8) is 0 Å². The van der Waals surface area contributed by atoms with Crippen LogP contribution < -0.4 is 0 Å². The van der Waals surface area contributed by atoms with Crippen molar-refractivity contribution in [2.45, 2.75) is 66.2 Å². The Morgan fingerprint density at radius 3 is 1.33 bits per heavy atom. The van der Waals surface area contributed by atoms with Crippen molar-refractivity contribution in [2.24, 2.45) is 0 Å². The topological polar surface area (TPSA) is 0 Å². The van der Waals surface area contributed by atoms with Gasteiger partial charge in [0.25, 0.3) is 0 Å². The number of halogens is 2. The Bertz CT molecular complexity index is 498. The van der Waals surface area contributed by atoms with Gasteiger partial charge in [0, 0.05) is 44.6 Å². The van der Waals surface area contributed by atoms with E-state index in [-0.39, 0.29) is 21.7 Å². The van der Waals surface area contributed by atoms with Crippen LogP contribution >= 0.6 is 23.2 Å². The molecule has 0 saturated carbocycles. The third-order valence-electron chi connectivity index (χ3n) is 4.79. The van der Waals surface area contributed by atoms with Gasteiger partial charge in [0.1, 0.15) is 0 Å². The monoisotopic (exact) mass is 358 g/mol. The second-order valence-corrected chi connectivity index (χ2v) is 6.70. The van der Waals surface area contributed by atoms with E-state index in [0.717, 1.165) is 48.6 Å². The second-order valence-electron chi connectivity index (χ2n) is 5.78. The van der Waals surface area contributed by atoms with Crippen molar-refractivity contribution < 1.29 is 21.7 Å². The van der Waals surface area contributed by atoms with Gasteiger partial charge >= 0.3 is 0 Å². The molecule has 0 nitrogen and oxygen atoms in total. The average molecular weight is 359 g/mol. The quantitative estimate of drug-likeness (QED) is 0.463. The summed E-state index contributed by atoms with van der Waals surface area (Å²) in [4.78, 5) is 0. The summed E-state index contributed by atoms with van der Waals surface area (Å²) >= 11 is 12.7. The minimum absolute atomic E-state index is 0. The van der Waals surface area contributed by atoms with Gasteiger partial charge in [0.2, 0.25) is 0 Å². The summed E-state index contributed by atoms with van der Waals surface area (Å²) in [7, 11) is 0. The number of hydrogen-bond donors (Lipinski definition) is 0. The maximum atomic E-state index is 6.36. The molecule has 2 rings (SSSR count). The van der Waals surface area contributed by atoms with Crippen molar-refractivity contribution in [2.75, 3.05) is 0 Å². The summed E-state index contributed by atoms with van der Waals surface area (Å²) in [6.07, 6.45) is 6.26. The van der Waals surface area contributed by atoms with Gasteiger partial charge in [-0.2, -0.15) is 0 Å². The zero-order valence-electron chi connectivity index (χ0n) is 13.5. The van der Waals surface area contributed by atoms with Crippen molar-refractivity contribution in [1.29, 1.82) is 0 Å². The predicted octanol–water partition coefficient (Wildman–Crippen LogP) is 7.01. The van der Waals surface area contributed by atoms with Crippen LogP contribution in [0.25, 0.3) is 0 Å². The van der Waals surface area contributed by atoms with Crippen LogP contribution in [-0.4, -0.2) is 0 Å². The third kappa shape index (κ3) is 3.97. The van der Waals surface area contributed by atoms with Gasteiger partial charge in [-0.3, -0.25) is 0 Å². The molecule has 114 valence electrons. The summed E-state index contributed by atoms with van der Waals surface area (Å²) in [5.74, 6) is 0. The molecule has 0 unspecified atom stereocenters. The van der Waals surface area contributed by atoms with E-state index in [2.05, 4.69) is 27.7 Å². The van der Waals surface area contributed by atoms with Crippen LogP contribution in [0.15, 0.2) is 43.5 Å². The maximum absolute atomic E-state index is 6.36. The zero-order chi connectivity index (χ0) is 14.9. The van der Waals surface area contributed by atoms with E-state index in [1.165, 1.54) is 33.4 Å². The largest absolute Gasteiger partial charge is 0.0885 e. The van der Waals surface area contributed by atoms with Crippen molar-refractivity contribution >= 4 is 23.2 Å². The summed E-state index contributed by atoms with van der Waals surface area (Å²) < 4.78 is 0. The summed E-state index contributed by atoms with van der Waals surface area (Å²) in [5.41, 5.74) is 8.64. The predicted molar refractivity (Wildman–Crippen MR) is 90.2 cm³/mol. The molecule has 3 heteroatoms. The van der Waals surface area contributed by atoms with Gasteiger partial charge in [-0.05, 0) is 61.8 Å². The summed E-state index contributed by atoms with van der Waals surface area (Å²) in [5, 5.41) is 2.12. The molecule has 0 radical (unpaired) electrons. The van der Waals surface area contributed by atoms with Crippen LogP contribution in [0.3, 0.4) is 0 Å². The van der Waals surface area contributed by atoms with E-state index in [9.17, 15) is 0 Å². The van der Waals surface area contributed by atoms with E-state index in [0.29, 0.717) is 0 Å². The Kier molecular flexibility index (Phi) is 7.54. The first-order valence-corrected chi connectivity index (χ1v) is 8.38. The average Bonchev–Trinajstić information content (AvgIpc) is 2.84. The Hall–Kier alpha value is 0.254. The number of hydrogen-bond acceptors (Lipinski definition) is 0. The van der Waals surface area contributed by atoms with Crippen LogP contribution in [-0.2, 0) is 21.7 Å². The van der Waals surface area contributed by atoms with E-state index >= 15 is 0 Å². The Morgan fingerprint density at radius 1 is 0.762 bits per heavy atom.